The van der Waals surface area contributed by atoms with E-state index < -0.39 is 23.6 Å². The lowest BCUT2D eigenvalue weighted by molar-refractivity contribution is -0.137. The van der Waals surface area contributed by atoms with Crippen molar-refractivity contribution in [2.24, 2.45) is 0 Å². The van der Waals surface area contributed by atoms with Crippen LogP contribution in [0.1, 0.15) is 12.0 Å². The smallest absolute Gasteiger partial charge is 0.382 e. The maximum atomic E-state index is 13.1. The van der Waals surface area contributed by atoms with Gasteiger partial charge in [-0.1, -0.05) is 12.1 Å². The van der Waals surface area contributed by atoms with Gasteiger partial charge in [-0.25, -0.2) is 19.2 Å². The molecule has 0 saturated heterocycles. The molecule has 6 nitrogen and oxygen atoms in total. The molecule has 2 aromatic heterocycles. The first-order chi connectivity index (χ1) is 14.8. The van der Waals surface area contributed by atoms with Gasteiger partial charge < -0.3 is 5.32 Å². The number of anilines is 3. The van der Waals surface area contributed by atoms with Crippen molar-refractivity contribution in [1.29, 1.82) is 0 Å². The zero-order valence-corrected chi connectivity index (χ0v) is 16.1. The van der Waals surface area contributed by atoms with E-state index in [1.165, 1.54) is 29.2 Å². The molecule has 0 bridgehead atoms. The van der Waals surface area contributed by atoms with Gasteiger partial charge >= 0.3 is 12.2 Å². The summed E-state index contributed by atoms with van der Waals surface area (Å²) < 4.78 is 52.3. The Morgan fingerprint density at radius 3 is 2.71 bits per heavy atom. The predicted octanol–water partition coefficient (Wildman–Crippen LogP) is 5.16. The number of alkyl halides is 3. The van der Waals surface area contributed by atoms with Crippen LogP contribution in [0.4, 0.5) is 39.7 Å². The molecule has 1 aliphatic heterocycles. The Kier molecular flexibility index (Phi) is 5.45. The van der Waals surface area contributed by atoms with Gasteiger partial charge in [0.15, 0.2) is 5.82 Å². The average molecular weight is 431 g/mol. The maximum Gasteiger partial charge on any atom is 0.416 e. The van der Waals surface area contributed by atoms with Gasteiger partial charge in [-0.15, -0.1) is 0 Å². The molecule has 2 N–H and O–H groups in total. The third-order valence-electron chi connectivity index (χ3n) is 4.70. The van der Waals surface area contributed by atoms with Crippen molar-refractivity contribution in [2.45, 2.75) is 12.6 Å². The van der Waals surface area contributed by atoms with Gasteiger partial charge in [0, 0.05) is 18.7 Å². The number of carbonyl (C=O) groups is 1. The van der Waals surface area contributed by atoms with Crippen molar-refractivity contribution in [3.05, 3.63) is 66.1 Å². The molecule has 1 aromatic carbocycles. The summed E-state index contributed by atoms with van der Waals surface area (Å²) in [5.74, 6) is -0.0825. The van der Waals surface area contributed by atoms with Crippen molar-refractivity contribution in [1.82, 2.24) is 9.97 Å². The number of aromatic nitrogens is 2. The fraction of sp³-hybridized carbons (Fsp3) is 0.190. The van der Waals surface area contributed by atoms with Gasteiger partial charge in [0.1, 0.15) is 11.6 Å². The number of nitrogens with one attached hydrogen (secondary N) is 2. The highest BCUT2D eigenvalue weighted by molar-refractivity contribution is 6.02. The van der Waals surface area contributed by atoms with E-state index in [0.717, 1.165) is 18.3 Å². The molecule has 0 aliphatic carbocycles. The number of nitrogens with zero attached hydrogens (tertiary/aromatic N) is 3. The summed E-state index contributed by atoms with van der Waals surface area (Å²) in [4.78, 5) is 22.5. The second-order valence-electron chi connectivity index (χ2n) is 6.87. The number of hydrogen-bond donors (Lipinski definition) is 2. The molecule has 1 aliphatic rings. The predicted molar refractivity (Wildman–Crippen MR) is 108 cm³/mol. The molecule has 0 saturated carbocycles. The summed E-state index contributed by atoms with van der Waals surface area (Å²) in [6, 6.07) is 10.1. The highest BCUT2D eigenvalue weighted by Gasteiger charge is 2.31. The first kappa shape index (κ1) is 20.6. The average Bonchev–Trinajstić information content (AvgIpc) is 2.97. The van der Waals surface area contributed by atoms with Gasteiger partial charge in [0.25, 0.3) is 0 Å². The highest BCUT2D eigenvalue weighted by atomic mass is 19.4. The molecule has 160 valence electrons. The minimum Gasteiger partial charge on any atom is -0.382 e. The zero-order chi connectivity index (χ0) is 22.0. The summed E-state index contributed by atoms with van der Waals surface area (Å²) in [5.41, 5.74) is 0.376. The van der Waals surface area contributed by atoms with Crippen LogP contribution in [0, 0.1) is 5.82 Å². The van der Waals surface area contributed by atoms with E-state index in [4.69, 9.17) is 0 Å². The molecule has 0 spiro atoms. The minimum atomic E-state index is -4.47. The van der Waals surface area contributed by atoms with Gasteiger partial charge in [-0.3, -0.25) is 10.2 Å². The Bertz CT molecular complexity index is 1100. The summed E-state index contributed by atoms with van der Waals surface area (Å²) >= 11 is 0. The fourth-order valence-electron chi connectivity index (χ4n) is 3.20. The van der Waals surface area contributed by atoms with Gasteiger partial charge in [0.05, 0.1) is 23.1 Å². The number of amides is 2. The number of carbonyl (C=O) groups excluding carboxylic acids is 1. The van der Waals surface area contributed by atoms with Crippen LogP contribution >= 0.6 is 0 Å². The molecule has 4 rings (SSSR count). The second-order valence-corrected chi connectivity index (χ2v) is 6.87. The molecule has 3 heterocycles. The lowest BCUT2D eigenvalue weighted by atomic mass is 10.1. The third kappa shape index (κ3) is 4.57. The van der Waals surface area contributed by atoms with Crippen LogP contribution in [0.5, 0.6) is 0 Å². The number of benzene rings is 1. The van der Waals surface area contributed by atoms with Crippen LogP contribution in [0.15, 0.2) is 54.7 Å². The third-order valence-corrected chi connectivity index (χ3v) is 4.70. The minimum absolute atomic E-state index is 0.166. The molecule has 0 atom stereocenters. The molecular formula is C21H17F4N5O. The summed E-state index contributed by atoms with van der Waals surface area (Å²) in [6.45, 7) is 0.919. The van der Waals surface area contributed by atoms with Crippen LogP contribution in [-0.4, -0.2) is 29.1 Å². The van der Waals surface area contributed by atoms with E-state index in [1.54, 1.807) is 12.1 Å². The van der Waals surface area contributed by atoms with Crippen molar-refractivity contribution in [3.8, 4) is 11.3 Å². The number of rotatable bonds is 2. The summed E-state index contributed by atoms with van der Waals surface area (Å²) in [5, 5.41) is 5.75. The molecule has 3 aromatic rings. The molecule has 0 radical (unpaired) electrons. The number of pyridine rings is 2. The van der Waals surface area contributed by atoms with Crippen molar-refractivity contribution in [3.63, 3.8) is 0 Å². The first-order valence-corrected chi connectivity index (χ1v) is 9.44. The molecule has 0 unspecified atom stereocenters. The van der Waals surface area contributed by atoms with Crippen molar-refractivity contribution < 1.29 is 22.4 Å². The van der Waals surface area contributed by atoms with Crippen LogP contribution in [-0.2, 0) is 6.18 Å². The topological polar surface area (TPSA) is 70.2 Å². The largest absolute Gasteiger partial charge is 0.416 e. The van der Waals surface area contributed by atoms with E-state index in [1.807, 2.05) is 0 Å². The van der Waals surface area contributed by atoms with E-state index >= 15 is 0 Å². The Balaban J connectivity index is 1.68. The molecule has 2 amide bonds. The quantitative estimate of drug-likeness (QED) is 0.551. The molecule has 0 fully saturated rings. The normalized spacial score (nSPS) is 13.7. The van der Waals surface area contributed by atoms with Crippen LogP contribution in [0.3, 0.4) is 0 Å². The second kappa shape index (κ2) is 8.21. The number of hydrogen-bond acceptors (Lipinski definition) is 4. The molecular weight excluding hydrogens is 414 g/mol. The number of halogens is 4. The number of fused-ring (bicyclic) bond motifs is 1. The molecule has 31 heavy (non-hydrogen) atoms. The fourth-order valence-corrected chi connectivity index (χ4v) is 3.20. The highest BCUT2D eigenvalue weighted by Crippen LogP contribution is 2.34. The van der Waals surface area contributed by atoms with Crippen molar-refractivity contribution >= 4 is 23.4 Å². The van der Waals surface area contributed by atoms with Crippen LogP contribution < -0.4 is 15.5 Å². The van der Waals surface area contributed by atoms with Gasteiger partial charge in [-0.05, 0) is 42.8 Å². The monoisotopic (exact) mass is 431 g/mol. The maximum absolute atomic E-state index is 13.1. The first-order valence-electron chi connectivity index (χ1n) is 9.44. The lowest BCUT2D eigenvalue weighted by Crippen LogP contribution is -2.36. The Labute approximate surface area is 174 Å². The summed E-state index contributed by atoms with van der Waals surface area (Å²) in [6.07, 6.45) is -2.87. The van der Waals surface area contributed by atoms with E-state index in [0.29, 0.717) is 30.9 Å². The Hall–Kier alpha value is -3.69. The SMILES string of the molecule is O=C(Nc1ccc(F)cn1)N1CCCNc2ccc(-c3cccc(C(F)(F)F)c3)nc21. The summed E-state index contributed by atoms with van der Waals surface area (Å²) in [7, 11) is 0. The van der Waals surface area contributed by atoms with E-state index in [9.17, 15) is 22.4 Å². The van der Waals surface area contributed by atoms with Gasteiger partial charge in [0.2, 0.25) is 0 Å². The van der Waals surface area contributed by atoms with Crippen LogP contribution in [0.25, 0.3) is 11.3 Å². The number of urea groups is 1. The van der Waals surface area contributed by atoms with Crippen LogP contribution in [0.2, 0.25) is 0 Å². The van der Waals surface area contributed by atoms with Gasteiger partial charge in [-0.2, -0.15) is 13.2 Å². The van der Waals surface area contributed by atoms with E-state index in [2.05, 4.69) is 20.6 Å². The zero-order valence-electron chi connectivity index (χ0n) is 16.1. The molecule has 10 heteroatoms. The Morgan fingerprint density at radius 1 is 1.13 bits per heavy atom. The Morgan fingerprint density at radius 2 is 1.97 bits per heavy atom. The van der Waals surface area contributed by atoms with Crippen molar-refractivity contribution in [2.75, 3.05) is 28.6 Å². The van der Waals surface area contributed by atoms with E-state index in [-0.39, 0.29) is 17.2 Å². The lowest BCUT2D eigenvalue weighted by Gasteiger charge is -2.22. The standard InChI is InChI=1S/C21H17F4N5O/c22-15-5-8-18(27-12-15)29-20(31)30-10-2-9-26-17-7-6-16(28-19(17)30)13-3-1-4-14(11-13)21(23,24)25/h1,3-8,11-12,26H,2,9-10H2,(H,27,29,31).